The van der Waals surface area contributed by atoms with Crippen LogP contribution in [0.25, 0.3) is 0 Å². The van der Waals surface area contributed by atoms with Crippen LogP contribution >= 0.6 is 17.1 Å². The summed E-state index contributed by atoms with van der Waals surface area (Å²) in [6, 6.07) is 0. The monoisotopic (exact) mass is 332 g/mol. The zero-order chi connectivity index (χ0) is 11.6. The third kappa shape index (κ3) is 13.5. The molecule has 0 heterocycles. The molecule has 0 saturated heterocycles. The van der Waals surface area contributed by atoms with E-state index in [2.05, 4.69) is 13.8 Å². The molecule has 0 saturated carbocycles. The van der Waals surface area contributed by atoms with Crippen molar-refractivity contribution in [3.8, 4) is 0 Å². The van der Waals surface area contributed by atoms with Crippen molar-refractivity contribution >= 4 is 28.9 Å². The first kappa shape index (κ1) is 19.8. The molecular weight excluding hydrogens is 311 g/mol. The zero-order valence-corrected chi connectivity index (χ0v) is 13.5. The van der Waals surface area contributed by atoms with Crippen LogP contribution in [0.5, 0.6) is 0 Å². The van der Waals surface area contributed by atoms with E-state index >= 15 is 0 Å². The van der Waals surface area contributed by atoms with Crippen molar-refractivity contribution in [3.05, 3.63) is 0 Å². The minimum atomic E-state index is -2.77. The zero-order valence-electron chi connectivity index (χ0n) is 10.0. The Morgan fingerprint density at radius 2 is 1.69 bits per heavy atom. The predicted molar refractivity (Wildman–Crippen MR) is 71.7 cm³/mol. The maximum atomic E-state index is 11.7. The SMILES string of the molecule is CCCCCOP([O-])(=S)SCCCCC.[Cu+]. The van der Waals surface area contributed by atoms with E-state index in [-0.39, 0.29) is 17.1 Å². The van der Waals surface area contributed by atoms with Gasteiger partial charge in [-0.1, -0.05) is 51.3 Å². The Hall–Kier alpha value is 1.44. The Balaban J connectivity index is 0. The molecule has 0 aromatic rings. The van der Waals surface area contributed by atoms with Crippen molar-refractivity contribution in [2.75, 3.05) is 12.4 Å². The van der Waals surface area contributed by atoms with Crippen LogP contribution < -0.4 is 4.89 Å². The van der Waals surface area contributed by atoms with Crippen molar-refractivity contribution in [2.45, 2.75) is 52.4 Å². The molecule has 16 heavy (non-hydrogen) atoms. The Bertz CT molecular complexity index is 178. The minimum absolute atomic E-state index is 0. The second-order valence-electron chi connectivity index (χ2n) is 3.53. The summed E-state index contributed by atoms with van der Waals surface area (Å²) in [5, 5.41) is 0. The molecular formula is C10H22CuO2PS2. The Labute approximate surface area is 120 Å². The van der Waals surface area contributed by atoms with E-state index in [4.69, 9.17) is 16.3 Å². The van der Waals surface area contributed by atoms with Crippen LogP contribution in [0.4, 0.5) is 0 Å². The Morgan fingerprint density at radius 3 is 2.25 bits per heavy atom. The van der Waals surface area contributed by atoms with E-state index in [1.807, 2.05) is 0 Å². The van der Waals surface area contributed by atoms with Crippen LogP contribution in [0.2, 0.25) is 0 Å². The average Bonchev–Trinajstić information content (AvgIpc) is 2.20. The summed E-state index contributed by atoms with van der Waals surface area (Å²) in [7, 11) is 0. The Morgan fingerprint density at radius 1 is 1.12 bits per heavy atom. The van der Waals surface area contributed by atoms with Gasteiger partial charge in [-0.05, 0) is 18.6 Å². The van der Waals surface area contributed by atoms with Crippen molar-refractivity contribution in [3.63, 3.8) is 0 Å². The number of hydrogen-bond donors (Lipinski definition) is 0. The first-order chi connectivity index (χ1) is 7.12. The fourth-order valence-electron chi connectivity index (χ4n) is 1.09. The van der Waals surface area contributed by atoms with Crippen LogP contribution in [0.1, 0.15) is 52.4 Å². The fourth-order valence-corrected chi connectivity index (χ4v) is 4.48. The molecule has 1 atom stereocenters. The third-order valence-corrected chi connectivity index (χ3v) is 6.36. The summed E-state index contributed by atoms with van der Waals surface area (Å²) >= 11 is 6.26. The van der Waals surface area contributed by atoms with E-state index < -0.39 is 5.69 Å². The smallest absolute Gasteiger partial charge is 0.793 e. The van der Waals surface area contributed by atoms with Gasteiger partial charge in [0.05, 0.1) is 6.61 Å². The van der Waals surface area contributed by atoms with Crippen LogP contribution in [-0.4, -0.2) is 12.4 Å². The van der Waals surface area contributed by atoms with Gasteiger partial charge in [0.15, 0.2) is 0 Å². The van der Waals surface area contributed by atoms with Crippen LogP contribution in [0.15, 0.2) is 0 Å². The molecule has 0 spiro atoms. The maximum Gasteiger partial charge on any atom is 1.00 e. The van der Waals surface area contributed by atoms with E-state index in [1.165, 1.54) is 24.2 Å². The molecule has 0 radical (unpaired) electrons. The second-order valence-corrected chi connectivity index (χ2v) is 9.70. The maximum absolute atomic E-state index is 11.7. The molecule has 0 rings (SSSR count). The predicted octanol–water partition coefficient (Wildman–Crippen LogP) is 3.70. The molecule has 1 unspecified atom stereocenters. The molecule has 0 bridgehead atoms. The molecule has 0 fully saturated rings. The van der Waals surface area contributed by atoms with Gasteiger partial charge >= 0.3 is 17.1 Å². The van der Waals surface area contributed by atoms with Gasteiger partial charge in [0.1, 0.15) is 0 Å². The van der Waals surface area contributed by atoms with Crippen LogP contribution in [0, 0.1) is 0 Å². The fraction of sp³-hybridized carbons (Fsp3) is 1.00. The van der Waals surface area contributed by atoms with Crippen molar-refractivity contribution in [1.29, 1.82) is 0 Å². The summed E-state index contributed by atoms with van der Waals surface area (Å²) in [5.41, 5.74) is -2.77. The minimum Gasteiger partial charge on any atom is -0.793 e. The summed E-state index contributed by atoms with van der Waals surface area (Å²) in [6.45, 7) is 4.83. The summed E-state index contributed by atoms with van der Waals surface area (Å²) in [5.74, 6) is 0.863. The average molecular weight is 333 g/mol. The molecule has 6 heteroatoms. The van der Waals surface area contributed by atoms with Gasteiger partial charge in [-0.25, -0.2) is 0 Å². The molecule has 0 aliphatic heterocycles. The van der Waals surface area contributed by atoms with Gasteiger partial charge in [0.25, 0.3) is 0 Å². The van der Waals surface area contributed by atoms with E-state index in [0.717, 1.165) is 31.4 Å². The van der Waals surface area contributed by atoms with Gasteiger partial charge in [0.2, 0.25) is 0 Å². The summed E-state index contributed by atoms with van der Waals surface area (Å²) in [6.07, 6.45) is 6.68. The van der Waals surface area contributed by atoms with E-state index in [9.17, 15) is 4.89 Å². The summed E-state index contributed by atoms with van der Waals surface area (Å²) < 4.78 is 5.25. The number of hydrogen-bond acceptors (Lipinski definition) is 4. The summed E-state index contributed by atoms with van der Waals surface area (Å²) in [4.78, 5) is 11.7. The number of unbranched alkanes of at least 4 members (excludes halogenated alkanes) is 4. The normalized spacial score (nSPS) is 14.2. The molecule has 0 aliphatic rings. The van der Waals surface area contributed by atoms with Gasteiger partial charge in [-0.2, -0.15) is 0 Å². The van der Waals surface area contributed by atoms with Gasteiger partial charge in [-0.15, -0.1) is 11.4 Å². The molecule has 0 amide bonds. The Kier molecular flexibility index (Phi) is 15.9. The third-order valence-electron chi connectivity index (χ3n) is 1.99. The molecule has 0 aromatic carbocycles. The first-order valence-electron chi connectivity index (χ1n) is 5.72. The molecule has 0 aliphatic carbocycles. The van der Waals surface area contributed by atoms with Crippen molar-refractivity contribution in [1.82, 2.24) is 0 Å². The molecule has 0 N–H and O–H groups in total. The van der Waals surface area contributed by atoms with E-state index in [0.29, 0.717) is 6.61 Å². The molecule has 102 valence electrons. The second kappa shape index (κ2) is 12.9. The van der Waals surface area contributed by atoms with Gasteiger partial charge < -0.3 is 9.42 Å². The number of rotatable bonds is 10. The van der Waals surface area contributed by atoms with Crippen molar-refractivity contribution in [2.24, 2.45) is 0 Å². The first-order valence-corrected chi connectivity index (χ1v) is 9.95. The van der Waals surface area contributed by atoms with Gasteiger partial charge in [-0.3, -0.25) is 0 Å². The van der Waals surface area contributed by atoms with Gasteiger partial charge in [0, 0.05) is 5.69 Å². The van der Waals surface area contributed by atoms with Crippen LogP contribution in [-0.2, 0) is 33.4 Å². The van der Waals surface area contributed by atoms with Crippen LogP contribution in [0.3, 0.4) is 0 Å². The largest absolute Gasteiger partial charge is 1.00 e. The molecule has 2 nitrogen and oxygen atoms in total. The van der Waals surface area contributed by atoms with E-state index in [1.54, 1.807) is 0 Å². The topological polar surface area (TPSA) is 32.3 Å². The van der Waals surface area contributed by atoms with Crippen molar-refractivity contribution < 1.29 is 26.5 Å². The molecule has 0 aromatic heterocycles. The standard InChI is InChI=1S/C10H23O2PS2.Cu/c1-3-5-7-9-12-13(11,14)15-10-8-6-4-2;/h3-10H2,1-2H3,(H,11,14);/q;+1/p-1. The quantitative estimate of drug-likeness (QED) is 0.347.